The molecule has 0 radical (unpaired) electrons. The molecule has 0 spiro atoms. The molecule has 2 aromatic carbocycles. The van der Waals surface area contributed by atoms with Crippen molar-refractivity contribution < 1.29 is 9.21 Å². The van der Waals surface area contributed by atoms with Gasteiger partial charge in [0.1, 0.15) is 11.5 Å². The van der Waals surface area contributed by atoms with Gasteiger partial charge >= 0.3 is 0 Å². The van der Waals surface area contributed by atoms with E-state index in [1.54, 1.807) is 0 Å². The highest BCUT2D eigenvalue weighted by Gasteiger charge is 2.31. The molecule has 1 aliphatic rings. The molecule has 1 N–H and O–H groups in total. The van der Waals surface area contributed by atoms with Gasteiger partial charge in [0.15, 0.2) is 0 Å². The zero-order valence-electron chi connectivity index (χ0n) is 19.0. The average molecular weight is 451 g/mol. The zero-order valence-corrected chi connectivity index (χ0v) is 19.7. The Kier molecular flexibility index (Phi) is 7.02. The van der Waals surface area contributed by atoms with E-state index < -0.39 is 0 Å². The van der Waals surface area contributed by atoms with Crippen LogP contribution in [0.3, 0.4) is 0 Å². The molecule has 0 bridgehead atoms. The summed E-state index contributed by atoms with van der Waals surface area (Å²) in [7, 11) is 4.32. The van der Waals surface area contributed by atoms with Gasteiger partial charge in [0.25, 0.3) is 5.91 Å². The van der Waals surface area contributed by atoms with Gasteiger partial charge in [0, 0.05) is 22.7 Å². The third kappa shape index (κ3) is 5.08. The van der Waals surface area contributed by atoms with Gasteiger partial charge in [-0.3, -0.25) is 4.79 Å². The molecular weight excluding hydrogens is 420 g/mol. The van der Waals surface area contributed by atoms with Crippen LogP contribution in [0.1, 0.15) is 53.4 Å². The molecule has 32 heavy (non-hydrogen) atoms. The summed E-state index contributed by atoms with van der Waals surface area (Å²) >= 11 is 5.98. The van der Waals surface area contributed by atoms with Crippen LogP contribution in [-0.4, -0.2) is 30.9 Å². The molecule has 1 amide bonds. The van der Waals surface area contributed by atoms with E-state index in [9.17, 15) is 4.79 Å². The molecule has 5 heteroatoms. The number of aryl methyl sites for hydroxylation is 1. The maximum Gasteiger partial charge on any atom is 0.255 e. The molecule has 3 aromatic rings. The Morgan fingerprint density at radius 2 is 1.69 bits per heavy atom. The maximum atomic E-state index is 13.0. The minimum absolute atomic E-state index is 0.0536. The lowest BCUT2D eigenvalue weighted by molar-refractivity contribution is 0.0905. The largest absolute Gasteiger partial charge is 0.461 e. The Morgan fingerprint density at radius 1 is 1.03 bits per heavy atom. The summed E-state index contributed by atoms with van der Waals surface area (Å²) < 4.78 is 5.87. The van der Waals surface area contributed by atoms with Crippen LogP contribution in [0.5, 0.6) is 0 Å². The van der Waals surface area contributed by atoms with Crippen molar-refractivity contribution >= 4 is 17.5 Å². The molecule has 1 unspecified atom stereocenters. The Balaban J connectivity index is 1.38. The number of nitrogens with zero attached hydrogens (tertiary/aromatic N) is 1. The lowest BCUT2D eigenvalue weighted by Crippen LogP contribution is -2.40. The maximum absolute atomic E-state index is 13.0. The number of carbonyl (C=O) groups excluding carboxylic acids is 1. The molecule has 1 heterocycles. The van der Waals surface area contributed by atoms with Crippen LogP contribution in [0.2, 0.25) is 5.02 Å². The summed E-state index contributed by atoms with van der Waals surface area (Å²) in [6.07, 6.45) is 4.19. The minimum atomic E-state index is -0.0536. The highest BCUT2D eigenvalue weighted by Crippen LogP contribution is 2.37. The van der Waals surface area contributed by atoms with Crippen LogP contribution in [-0.2, 0) is 0 Å². The minimum Gasteiger partial charge on any atom is -0.461 e. The van der Waals surface area contributed by atoms with E-state index >= 15 is 0 Å². The van der Waals surface area contributed by atoms with Gasteiger partial charge in [0.2, 0.25) is 0 Å². The smallest absolute Gasteiger partial charge is 0.255 e. The first kappa shape index (κ1) is 22.6. The zero-order chi connectivity index (χ0) is 22.7. The summed E-state index contributed by atoms with van der Waals surface area (Å²) in [4.78, 5) is 15.3. The van der Waals surface area contributed by atoms with Crippen LogP contribution in [0, 0.1) is 12.8 Å². The Hall–Kier alpha value is -2.56. The fourth-order valence-corrected chi connectivity index (χ4v) is 5.07. The first-order valence-corrected chi connectivity index (χ1v) is 11.7. The van der Waals surface area contributed by atoms with Crippen molar-refractivity contribution in [2.24, 2.45) is 5.92 Å². The van der Waals surface area contributed by atoms with E-state index in [1.807, 2.05) is 37.3 Å². The summed E-state index contributed by atoms with van der Waals surface area (Å²) in [5.41, 5.74) is 2.88. The number of nitrogens with one attached hydrogen (secondary N) is 1. The summed E-state index contributed by atoms with van der Waals surface area (Å²) in [6.45, 7) is 1.84. The van der Waals surface area contributed by atoms with Crippen LogP contribution < -0.4 is 5.32 Å². The number of rotatable bonds is 6. The lowest BCUT2D eigenvalue weighted by Gasteiger charge is -2.37. The summed E-state index contributed by atoms with van der Waals surface area (Å²) in [5.74, 6) is 1.86. The molecule has 0 aliphatic heterocycles. The first-order chi connectivity index (χ1) is 15.4. The van der Waals surface area contributed by atoms with Gasteiger partial charge in [-0.15, -0.1) is 0 Å². The topological polar surface area (TPSA) is 45.5 Å². The summed E-state index contributed by atoms with van der Waals surface area (Å²) in [5, 5.41) is 3.92. The molecule has 1 fully saturated rings. The number of halogens is 1. The second-order valence-electron chi connectivity index (χ2n) is 8.99. The molecular formula is C27H31ClN2O2. The van der Waals surface area contributed by atoms with E-state index in [1.165, 1.54) is 5.56 Å². The predicted octanol–water partition coefficient (Wildman–Crippen LogP) is 6.50. The van der Waals surface area contributed by atoms with E-state index in [-0.39, 0.29) is 11.9 Å². The first-order valence-electron chi connectivity index (χ1n) is 11.3. The van der Waals surface area contributed by atoms with Gasteiger partial charge in [0.05, 0.1) is 5.56 Å². The van der Waals surface area contributed by atoms with Crippen LogP contribution in [0.25, 0.3) is 11.3 Å². The number of carbonyl (C=O) groups is 1. The van der Waals surface area contributed by atoms with Crippen LogP contribution >= 0.6 is 11.6 Å². The number of hydrogen-bond acceptors (Lipinski definition) is 3. The number of hydrogen-bond donors (Lipinski definition) is 1. The van der Waals surface area contributed by atoms with Gasteiger partial charge < -0.3 is 14.6 Å². The SMILES string of the molecule is Cc1oc(-c2ccc(Cl)cc2)cc1C(=O)NC1CCC(C(c2ccccc2)N(C)C)CC1. The van der Waals surface area contributed by atoms with Crippen LogP contribution in [0.15, 0.2) is 65.1 Å². The highest BCUT2D eigenvalue weighted by atomic mass is 35.5. The molecule has 1 aromatic heterocycles. The van der Waals surface area contributed by atoms with E-state index in [2.05, 4.69) is 54.6 Å². The molecule has 1 atom stereocenters. The van der Waals surface area contributed by atoms with E-state index in [0.29, 0.717) is 34.1 Å². The monoisotopic (exact) mass is 450 g/mol. The van der Waals surface area contributed by atoms with Crippen molar-refractivity contribution in [3.63, 3.8) is 0 Å². The predicted molar refractivity (Wildman–Crippen MR) is 130 cm³/mol. The van der Waals surface area contributed by atoms with Gasteiger partial charge in [-0.25, -0.2) is 0 Å². The number of furan rings is 1. The normalized spacial score (nSPS) is 19.7. The van der Waals surface area contributed by atoms with Crippen molar-refractivity contribution in [3.8, 4) is 11.3 Å². The van der Waals surface area contributed by atoms with Crippen molar-refractivity contribution in [1.82, 2.24) is 10.2 Å². The third-order valence-corrected chi connectivity index (χ3v) is 6.79. The molecule has 1 aliphatic carbocycles. The van der Waals surface area contributed by atoms with E-state index in [4.69, 9.17) is 16.0 Å². The molecule has 4 rings (SSSR count). The Morgan fingerprint density at radius 3 is 2.31 bits per heavy atom. The number of amides is 1. The average Bonchev–Trinajstić information content (AvgIpc) is 3.18. The van der Waals surface area contributed by atoms with E-state index in [0.717, 1.165) is 31.2 Å². The summed E-state index contributed by atoms with van der Waals surface area (Å²) in [6, 6.07) is 20.6. The highest BCUT2D eigenvalue weighted by molar-refractivity contribution is 6.30. The van der Waals surface area contributed by atoms with Crippen LogP contribution in [0.4, 0.5) is 0 Å². The molecule has 1 saturated carbocycles. The van der Waals surface area contributed by atoms with Crippen molar-refractivity contribution in [2.75, 3.05) is 14.1 Å². The second kappa shape index (κ2) is 9.93. The molecule has 168 valence electrons. The third-order valence-electron chi connectivity index (χ3n) is 6.54. The number of benzene rings is 2. The fourth-order valence-electron chi connectivity index (χ4n) is 4.95. The van der Waals surface area contributed by atoms with Gasteiger partial charge in [-0.2, -0.15) is 0 Å². The Bertz CT molecular complexity index is 1040. The molecule has 4 nitrogen and oxygen atoms in total. The van der Waals surface area contributed by atoms with Gasteiger partial charge in [-0.05, 0) is 88.5 Å². The quantitative estimate of drug-likeness (QED) is 0.466. The van der Waals surface area contributed by atoms with Crippen molar-refractivity contribution in [1.29, 1.82) is 0 Å². The van der Waals surface area contributed by atoms with Crippen molar-refractivity contribution in [2.45, 2.75) is 44.7 Å². The second-order valence-corrected chi connectivity index (χ2v) is 9.43. The Labute approximate surface area is 195 Å². The molecule has 0 saturated heterocycles. The lowest BCUT2D eigenvalue weighted by atomic mass is 9.78. The fraction of sp³-hybridized carbons (Fsp3) is 0.370. The standard InChI is InChI=1S/C27H31ClN2O2/c1-18-24(17-25(32-18)19-9-13-22(28)14-10-19)27(31)29-23-15-11-21(12-16-23)26(30(2)3)20-7-5-4-6-8-20/h4-10,13-14,17,21,23,26H,11-12,15-16H2,1-3H3,(H,29,31). The van der Waals surface area contributed by atoms with Crippen molar-refractivity contribution in [3.05, 3.63) is 82.6 Å². The van der Waals surface area contributed by atoms with Gasteiger partial charge in [-0.1, -0.05) is 41.9 Å².